The summed E-state index contributed by atoms with van der Waals surface area (Å²) < 4.78 is 5.04. The molecule has 0 radical (unpaired) electrons. The van der Waals surface area contributed by atoms with Crippen LogP contribution in [0, 0.1) is 0 Å². The molecule has 0 unspecified atom stereocenters. The quantitative estimate of drug-likeness (QED) is 0.439. The third-order valence-corrected chi connectivity index (χ3v) is 2.08. The van der Waals surface area contributed by atoms with Gasteiger partial charge in [-0.2, -0.15) is 0 Å². The minimum atomic E-state index is 0.0464. The molecule has 0 aromatic carbocycles. The average molecular weight is 238 g/mol. The van der Waals surface area contributed by atoms with E-state index in [1.54, 1.807) is 0 Å². The maximum atomic E-state index is 11.2. The molecule has 0 aliphatic heterocycles. The van der Waals surface area contributed by atoms with Gasteiger partial charge in [0.2, 0.25) is 5.91 Å². The van der Waals surface area contributed by atoms with Gasteiger partial charge in [0.05, 0.1) is 13.2 Å². The summed E-state index contributed by atoms with van der Waals surface area (Å²) in [6.45, 7) is 1.61. The van der Waals surface area contributed by atoms with Crippen LogP contribution in [0.15, 0.2) is 0 Å². The first-order valence-electron chi connectivity index (χ1n) is 5.32. The van der Waals surface area contributed by atoms with Crippen molar-refractivity contribution in [2.75, 3.05) is 32.2 Å². The highest BCUT2D eigenvalue weighted by Gasteiger charge is 1.99. The number of aliphatic hydroxyl groups excluding tert-OH is 1. The molecular weight excluding hydrogens is 218 g/mol. The Balaban J connectivity index is 3.10. The summed E-state index contributed by atoms with van der Waals surface area (Å²) in [4.78, 5) is 11.2. The molecule has 0 saturated carbocycles. The average Bonchev–Trinajstić information content (AvgIpc) is 2.23. The molecule has 0 bridgehead atoms. The Hall–Kier alpha value is -0.320. The summed E-state index contributed by atoms with van der Waals surface area (Å²) in [5.41, 5.74) is 0. The Kier molecular flexibility index (Phi) is 11.5. The molecule has 0 aromatic heterocycles. The molecule has 0 saturated heterocycles. The van der Waals surface area contributed by atoms with E-state index in [2.05, 4.69) is 5.32 Å². The summed E-state index contributed by atoms with van der Waals surface area (Å²) >= 11 is 5.49. The Bertz CT molecular complexity index is 156. The van der Waals surface area contributed by atoms with Crippen LogP contribution in [0.1, 0.15) is 25.7 Å². The second-order valence-electron chi connectivity index (χ2n) is 3.19. The van der Waals surface area contributed by atoms with E-state index in [4.69, 9.17) is 21.4 Å². The molecule has 2 N–H and O–H groups in total. The normalized spacial score (nSPS) is 10.3. The van der Waals surface area contributed by atoms with Gasteiger partial charge in [0.1, 0.15) is 0 Å². The number of hydrogen-bond acceptors (Lipinski definition) is 3. The highest BCUT2D eigenvalue weighted by molar-refractivity contribution is 6.17. The van der Waals surface area contributed by atoms with E-state index in [1.165, 1.54) is 0 Å². The fraction of sp³-hybridized carbons (Fsp3) is 0.900. The van der Waals surface area contributed by atoms with Crippen LogP contribution in [0.3, 0.4) is 0 Å². The minimum absolute atomic E-state index is 0.0464. The van der Waals surface area contributed by atoms with Gasteiger partial charge in [-0.1, -0.05) is 0 Å². The zero-order valence-electron chi connectivity index (χ0n) is 9.01. The maximum absolute atomic E-state index is 11.2. The van der Waals surface area contributed by atoms with Crippen LogP contribution in [-0.2, 0) is 9.53 Å². The molecule has 0 atom stereocenters. The van der Waals surface area contributed by atoms with E-state index in [0.717, 1.165) is 19.3 Å². The van der Waals surface area contributed by atoms with Crippen LogP contribution in [0.5, 0.6) is 0 Å². The van der Waals surface area contributed by atoms with E-state index in [9.17, 15) is 4.79 Å². The molecule has 0 aliphatic carbocycles. The number of alkyl halides is 1. The molecular formula is C10H20ClNO3. The molecule has 0 spiro atoms. The van der Waals surface area contributed by atoms with Gasteiger partial charge in [0.25, 0.3) is 0 Å². The highest BCUT2D eigenvalue weighted by Crippen LogP contribution is 1.96. The molecule has 0 aliphatic rings. The summed E-state index contributed by atoms with van der Waals surface area (Å²) in [6.07, 6.45) is 3.05. The highest BCUT2D eigenvalue weighted by atomic mass is 35.5. The molecule has 15 heavy (non-hydrogen) atoms. The summed E-state index contributed by atoms with van der Waals surface area (Å²) in [6, 6.07) is 0. The molecule has 5 heteroatoms. The number of halogens is 1. The van der Waals surface area contributed by atoms with E-state index < -0.39 is 0 Å². The lowest BCUT2D eigenvalue weighted by atomic mass is 10.2. The Morgan fingerprint density at radius 3 is 2.73 bits per heavy atom. The third kappa shape index (κ3) is 11.6. The fourth-order valence-electron chi connectivity index (χ4n) is 1.04. The van der Waals surface area contributed by atoms with Gasteiger partial charge >= 0.3 is 0 Å². The number of unbranched alkanes of at least 4 members (excludes halogenated alkanes) is 1. The second-order valence-corrected chi connectivity index (χ2v) is 3.56. The number of carbonyl (C=O) groups is 1. The number of hydrogen-bond donors (Lipinski definition) is 2. The van der Waals surface area contributed by atoms with Gasteiger partial charge in [-0.25, -0.2) is 0 Å². The summed E-state index contributed by atoms with van der Waals surface area (Å²) in [5.74, 6) is 0.685. The van der Waals surface area contributed by atoms with Crippen LogP contribution in [-0.4, -0.2) is 43.3 Å². The van der Waals surface area contributed by atoms with Gasteiger partial charge in [-0.05, 0) is 19.3 Å². The first-order chi connectivity index (χ1) is 7.31. The molecule has 0 rings (SSSR count). The van der Waals surface area contributed by atoms with Crippen LogP contribution >= 0.6 is 11.6 Å². The van der Waals surface area contributed by atoms with Crippen molar-refractivity contribution in [1.29, 1.82) is 0 Å². The lowest BCUT2D eigenvalue weighted by Gasteiger charge is -2.05. The molecule has 0 heterocycles. The standard InChI is InChI=1S/C10H20ClNO3/c11-5-2-1-4-10(14)12-6-3-8-15-9-7-13/h13H,1-9H2,(H,12,14). The van der Waals surface area contributed by atoms with E-state index in [-0.39, 0.29) is 12.5 Å². The minimum Gasteiger partial charge on any atom is -0.394 e. The first kappa shape index (κ1) is 14.7. The number of ether oxygens (including phenoxy) is 1. The predicted molar refractivity (Wildman–Crippen MR) is 60.1 cm³/mol. The number of rotatable bonds is 10. The Morgan fingerprint density at radius 1 is 1.27 bits per heavy atom. The van der Waals surface area contributed by atoms with Crippen molar-refractivity contribution >= 4 is 17.5 Å². The van der Waals surface area contributed by atoms with Crippen molar-refractivity contribution in [2.24, 2.45) is 0 Å². The molecule has 1 amide bonds. The van der Waals surface area contributed by atoms with Crippen LogP contribution in [0.2, 0.25) is 0 Å². The first-order valence-corrected chi connectivity index (χ1v) is 5.86. The predicted octanol–water partition coefficient (Wildman–Crippen LogP) is 0.911. The SMILES string of the molecule is O=C(CCCCCl)NCCCOCCO. The Labute approximate surface area is 95.9 Å². The van der Waals surface area contributed by atoms with Gasteiger partial charge in [-0.3, -0.25) is 4.79 Å². The largest absolute Gasteiger partial charge is 0.394 e. The molecule has 90 valence electrons. The zero-order chi connectivity index (χ0) is 11.4. The molecule has 0 aromatic rings. The number of amides is 1. The lowest BCUT2D eigenvalue weighted by molar-refractivity contribution is -0.121. The Morgan fingerprint density at radius 2 is 2.07 bits per heavy atom. The fourth-order valence-corrected chi connectivity index (χ4v) is 1.23. The topological polar surface area (TPSA) is 58.6 Å². The van der Waals surface area contributed by atoms with Crippen LogP contribution in [0.4, 0.5) is 0 Å². The van der Waals surface area contributed by atoms with Crippen molar-refractivity contribution in [3.8, 4) is 0 Å². The summed E-state index contributed by atoms with van der Waals surface area (Å²) in [7, 11) is 0. The van der Waals surface area contributed by atoms with Gasteiger partial charge in [-0.15, -0.1) is 11.6 Å². The number of carbonyl (C=O) groups excluding carboxylic acids is 1. The van der Waals surface area contributed by atoms with Gasteiger partial charge < -0.3 is 15.2 Å². The van der Waals surface area contributed by atoms with Crippen molar-refractivity contribution in [1.82, 2.24) is 5.32 Å². The third-order valence-electron chi connectivity index (χ3n) is 1.81. The van der Waals surface area contributed by atoms with Gasteiger partial charge in [0.15, 0.2) is 0 Å². The zero-order valence-corrected chi connectivity index (χ0v) is 9.76. The maximum Gasteiger partial charge on any atom is 0.219 e. The monoisotopic (exact) mass is 237 g/mol. The van der Waals surface area contributed by atoms with Crippen molar-refractivity contribution in [3.63, 3.8) is 0 Å². The lowest BCUT2D eigenvalue weighted by Crippen LogP contribution is -2.25. The van der Waals surface area contributed by atoms with E-state index >= 15 is 0 Å². The molecule has 0 fully saturated rings. The van der Waals surface area contributed by atoms with E-state index in [1.807, 2.05) is 0 Å². The smallest absolute Gasteiger partial charge is 0.219 e. The van der Waals surface area contributed by atoms with Crippen LogP contribution < -0.4 is 5.32 Å². The van der Waals surface area contributed by atoms with Crippen molar-refractivity contribution in [2.45, 2.75) is 25.7 Å². The van der Waals surface area contributed by atoms with Gasteiger partial charge in [0, 0.05) is 25.5 Å². The van der Waals surface area contributed by atoms with E-state index in [0.29, 0.717) is 32.1 Å². The van der Waals surface area contributed by atoms with Crippen molar-refractivity contribution in [3.05, 3.63) is 0 Å². The number of aliphatic hydroxyl groups is 1. The second kappa shape index (κ2) is 11.8. The number of nitrogens with one attached hydrogen (secondary N) is 1. The van der Waals surface area contributed by atoms with Crippen molar-refractivity contribution < 1.29 is 14.6 Å². The van der Waals surface area contributed by atoms with Crippen LogP contribution in [0.25, 0.3) is 0 Å². The summed E-state index contributed by atoms with van der Waals surface area (Å²) in [5, 5.41) is 11.2. The molecule has 4 nitrogen and oxygen atoms in total.